The lowest BCUT2D eigenvalue weighted by molar-refractivity contribution is 0.170. The average molecular weight is 200 g/mol. The molecule has 0 spiro atoms. The summed E-state index contributed by atoms with van der Waals surface area (Å²) in [6, 6.07) is 5.63. The molecule has 3 heteroatoms. The van der Waals surface area contributed by atoms with E-state index in [1.54, 1.807) is 0 Å². The summed E-state index contributed by atoms with van der Waals surface area (Å²) in [7, 11) is 0. The van der Waals surface area contributed by atoms with Crippen molar-refractivity contribution in [2.75, 3.05) is 6.54 Å². The summed E-state index contributed by atoms with van der Waals surface area (Å²) in [4.78, 5) is 0. The van der Waals surface area contributed by atoms with Crippen molar-refractivity contribution in [3.8, 4) is 0 Å². The van der Waals surface area contributed by atoms with Crippen LogP contribution in [0.3, 0.4) is 0 Å². The van der Waals surface area contributed by atoms with E-state index in [1.165, 1.54) is 0 Å². The van der Waals surface area contributed by atoms with Crippen molar-refractivity contribution in [1.29, 1.82) is 0 Å². The molecular weight excluding hydrogens is 186 g/mol. The third kappa shape index (κ3) is 2.44. The number of hydrogen-bond donors (Lipinski definition) is 2. The van der Waals surface area contributed by atoms with E-state index in [4.69, 9.17) is 17.3 Å². The summed E-state index contributed by atoms with van der Waals surface area (Å²) >= 11 is 6.02. The smallest absolute Gasteiger partial charge is 0.0816 e. The maximum Gasteiger partial charge on any atom is 0.0816 e. The van der Waals surface area contributed by atoms with Crippen molar-refractivity contribution in [2.24, 2.45) is 5.73 Å². The predicted molar refractivity (Wildman–Crippen MR) is 54.8 cm³/mol. The lowest BCUT2D eigenvalue weighted by Gasteiger charge is -2.12. The molecule has 1 atom stereocenters. The molecule has 1 unspecified atom stereocenters. The average Bonchev–Trinajstić information content (AvgIpc) is 2.10. The SMILES string of the molecule is Cc1cccc(C(O)CCN)c1Cl. The first-order valence-corrected chi connectivity index (χ1v) is 4.67. The topological polar surface area (TPSA) is 46.2 Å². The van der Waals surface area contributed by atoms with Crippen molar-refractivity contribution in [2.45, 2.75) is 19.4 Å². The van der Waals surface area contributed by atoms with E-state index in [0.717, 1.165) is 11.1 Å². The monoisotopic (exact) mass is 199 g/mol. The van der Waals surface area contributed by atoms with Crippen LogP contribution in [-0.2, 0) is 0 Å². The van der Waals surface area contributed by atoms with Gasteiger partial charge in [-0.15, -0.1) is 0 Å². The molecule has 0 saturated heterocycles. The highest BCUT2D eigenvalue weighted by molar-refractivity contribution is 6.32. The summed E-state index contributed by atoms with van der Waals surface area (Å²) in [5.74, 6) is 0. The molecular formula is C10H14ClNO. The molecule has 0 aliphatic carbocycles. The Morgan fingerprint density at radius 2 is 2.23 bits per heavy atom. The Hall–Kier alpha value is -0.570. The van der Waals surface area contributed by atoms with Crippen molar-refractivity contribution in [3.63, 3.8) is 0 Å². The number of rotatable bonds is 3. The molecule has 0 fully saturated rings. The normalized spacial score (nSPS) is 12.9. The molecule has 0 aliphatic rings. The number of aliphatic hydroxyl groups is 1. The maximum atomic E-state index is 9.66. The van der Waals surface area contributed by atoms with Gasteiger partial charge in [0.15, 0.2) is 0 Å². The molecule has 1 rings (SSSR count). The lowest BCUT2D eigenvalue weighted by atomic mass is 10.0. The fraction of sp³-hybridized carbons (Fsp3) is 0.400. The van der Waals surface area contributed by atoms with E-state index in [2.05, 4.69) is 0 Å². The highest BCUT2D eigenvalue weighted by Crippen LogP contribution is 2.27. The van der Waals surface area contributed by atoms with Gasteiger partial charge in [-0.3, -0.25) is 0 Å². The van der Waals surface area contributed by atoms with Crippen LogP contribution in [0.2, 0.25) is 5.02 Å². The number of aliphatic hydroxyl groups excluding tert-OH is 1. The molecule has 0 bridgehead atoms. The zero-order chi connectivity index (χ0) is 9.84. The summed E-state index contributed by atoms with van der Waals surface area (Å²) in [5.41, 5.74) is 7.10. The minimum atomic E-state index is -0.544. The Morgan fingerprint density at radius 1 is 1.54 bits per heavy atom. The third-order valence-electron chi connectivity index (χ3n) is 2.02. The number of hydrogen-bond acceptors (Lipinski definition) is 2. The van der Waals surface area contributed by atoms with Crippen LogP contribution in [0, 0.1) is 6.92 Å². The van der Waals surface area contributed by atoms with Crippen molar-refractivity contribution < 1.29 is 5.11 Å². The Bertz CT molecular complexity index is 288. The van der Waals surface area contributed by atoms with E-state index in [1.807, 2.05) is 25.1 Å². The number of benzene rings is 1. The van der Waals surface area contributed by atoms with Gasteiger partial charge in [0.05, 0.1) is 6.10 Å². The summed E-state index contributed by atoms with van der Waals surface area (Å²) in [6.45, 7) is 2.38. The van der Waals surface area contributed by atoms with Gasteiger partial charge >= 0.3 is 0 Å². The molecule has 0 amide bonds. The molecule has 13 heavy (non-hydrogen) atoms. The summed E-state index contributed by atoms with van der Waals surface area (Å²) < 4.78 is 0. The van der Waals surface area contributed by atoms with Crippen LogP contribution < -0.4 is 5.73 Å². The van der Waals surface area contributed by atoms with Crippen molar-refractivity contribution >= 4 is 11.6 Å². The zero-order valence-electron chi connectivity index (χ0n) is 7.63. The van der Waals surface area contributed by atoms with Gasteiger partial charge in [-0.2, -0.15) is 0 Å². The minimum absolute atomic E-state index is 0.464. The first-order valence-electron chi connectivity index (χ1n) is 4.30. The minimum Gasteiger partial charge on any atom is -0.388 e. The summed E-state index contributed by atoms with van der Waals surface area (Å²) in [5, 5.41) is 10.3. The maximum absolute atomic E-state index is 9.66. The predicted octanol–water partition coefficient (Wildman–Crippen LogP) is 2.03. The second-order valence-electron chi connectivity index (χ2n) is 3.07. The van der Waals surface area contributed by atoms with Gasteiger partial charge in [0.2, 0.25) is 0 Å². The molecule has 1 aromatic carbocycles. The van der Waals surface area contributed by atoms with Crippen LogP contribution >= 0.6 is 11.6 Å². The van der Waals surface area contributed by atoms with Gasteiger partial charge in [-0.25, -0.2) is 0 Å². The third-order valence-corrected chi connectivity index (χ3v) is 2.54. The van der Waals surface area contributed by atoms with Gasteiger partial charge in [0, 0.05) is 5.02 Å². The van der Waals surface area contributed by atoms with E-state index in [-0.39, 0.29) is 0 Å². The second kappa shape index (κ2) is 4.61. The highest BCUT2D eigenvalue weighted by Gasteiger charge is 2.11. The van der Waals surface area contributed by atoms with Crippen LogP contribution in [0.15, 0.2) is 18.2 Å². The molecule has 0 radical (unpaired) electrons. The molecule has 3 N–H and O–H groups in total. The van der Waals surface area contributed by atoms with E-state index in [9.17, 15) is 5.11 Å². The molecule has 1 aromatic rings. The van der Waals surface area contributed by atoms with Crippen LogP contribution in [0.25, 0.3) is 0 Å². The highest BCUT2D eigenvalue weighted by atomic mass is 35.5. The Balaban J connectivity index is 2.93. The van der Waals surface area contributed by atoms with E-state index in [0.29, 0.717) is 18.0 Å². The second-order valence-corrected chi connectivity index (χ2v) is 3.45. The number of nitrogens with two attached hydrogens (primary N) is 1. The largest absolute Gasteiger partial charge is 0.388 e. The van der Waals surface area contributed by atoms with E-state index >= 15 is 0 Å². The first-order chi connectivity index (χ1) is 6.16. The molecule has 0 saturated carbocycles. The lowest BCUT2D eigenvalue weighted by Crippen LogP contribution is -2.07. The zero-order valence-corrected chi connectivity index (χ0v) is 8.38. The molecule has 72 valence electrons. The van der Waals surface area contributed by atoms with Gasteiger partial charge in [0.1, 0.15) is 0 Å². The Kier molecular flexibility index (Phi) is 3.72. The van der Waals surface area contributed by atoms with Crippen LogP contribution in [0.4, 0.5) is 0 Å². The van der Waals surface area contributed by atoms with Crippen LogP contribution in [0.1, 0.15) is 23.7 Å². The van der Waals surface area contributed by atoms with E-state index < -0.39 is 6.10 Å². The Labute approximate surface area is 83.3 Å². The quantitative estimate of drug-likeness (QED) is 0.783. The van der Waals surface area contributed by atoms with Crippen LogP contribution in [0.5, 0.6) is 0 Å². The number of halogens is 1. The van der Waals surface area contributed by atoms with Gasteiger partial charge in [0.25, 0.3) is 0 Å². The standard InChI is InChI=1S/C10H14ClNO/c1-7-3-2-4-8(10(7)11)9(13)5-6-12/h2-4,9,13H,5-6,12H2,1H3. The van der Waals surface area contributed by atoms with Crippen molar-refractivity contribution in [3.05, 3.63) is 34.3 Å². The number of aryl methyl sites for hydroxylation is 1. The van der Waals surface area contributed by atoms with Gasteiger partial charge < -0.3 is 10.8 Å². The van der Waals surface area contributed by atoms with Crippen LogP contribution in [-0.4, -0.2) is 11.7 Å². The fourth-order valence-electron chi connectivity index (χ4n) is 1.24. The molecule has 2 nitrogen and oxygen atoms in total. The Morgan fingerprint density at radius 3 is 2.85 bits per heavy atom. The fourth-order valence-corrected chi connectivity index (χ4v) is 1.49. The molecule has 0 aliphatic heterocycles. The first kappa shape index (κ1) is 10.5. The molecule has 0 aromatic heterocycles. The molecule has 0 heterocycles. The van der Waals surface area contributed by atoms with Gasteiger partial charge in [-0.1, -0.05) is 29.8 Å². The van der Waals surface area contributed by atoms with Crippen molar-refractivity contribution in [1.82, 2.24) is 0 Å². The summed E-state index contributed by atoms with van der Waals surface area (Å²) in [6.07, 6.45) is 0.000741. The van der Waals surface area contributed by atoms with Gasteiger partial charge in [-0.05, 0) is 31.0 Å².